The maximum Gasteiger partial charge on any atom is 0.418 e. The minimum absolute atomic E-state index is 0.00371. The van der Waals surface area contributed by atoms with Crippen LogP contribution < -0.4 is 5.32 Å². The lowest BCUT2D eigenvalue weighted by Gasteiger charge is -2.35. The van der Waals surface area contributed by atoms with E-state index in [4.69, 9.17) is 4.55 Å². The van der Waals surface area contributed by atoms with E-state index in [0.29, 0.717) is 37.4 Å². The van der Waals surface area contributed by atoms with Crippen molar-refractivity contribution < 1.29 is 31.6 Å². The van der Waals surface area contributed by atoms with Crippen LogP contribution in [0.15, 0.2) is 12.3 Å². The minimum atomic E-state index is -4.87. The van der Waals surface area contributed by atoms with Gasteiger partial charge in [-0.1, -0.05) is 6.58 Å². The van der Waals surface area contributed by atoms with Gasteiger partial charge in [-0.05, 0) is 25.7 Å². The van der Waals surface area contributed by atoms with Gasteiger partial charge in [-0.3, -0.25) is 19.0 Å². The number of hydrogen-bond donors (Lipinski definition) is 2. The van der Waals surface area contributed by atoms with Gasteiger partial charge < -0.3 is 10.2 Å². The van der Waals surface area contributed by atoms with E-state index >= 15 is 0 Å². The summed E-state index contributed by atoms with van der Waals surface area (Å²) in [5.41, 5.74) is 0.251. The van der Waals surface area contributed by atoms with Crippen molar-refractivity contribution in [2.24, 2.45) is 0 Å². The molecule has 12 heteroatoms. The smallest absolute Gasteiger partial charge is 0.351 e. The summed E-state index contributed by atoms with van der Waals surface area (Å²) in [5.74, 6) is -0.367. The number of fused-ring (bicyclic) bond motifs is 2. The predicted octanol–water partition coefficient (Wildman–Crippen LogP) is -0.370. The number of likely N-dealkylation sites (tertiary alicyclic amines) is 1. The summed E-state index contributed by atoms with van der Waals surface area (Å²) in [5, 5.41) is 3.43. The molecule has 3 aliphatic heterocycles. The lowest BCUT2D eigenvalue weighted by Crippen LogP contribution is -2.53. The highest BCUT2D eigenvalue weighted by molar-refractivity contribution is 7.80. The first-order valence-electron chi connectivity index (χ1n) is 8.62. The van der Waals surface area contributed by atoms with E-state index in [1.54, 1.807) is 4.90 Å². The monoisotopic (exact) mass is 402 g/mol. The zero-order chi connectivity index (χ0) is 19.9. The Hall–Kier alpha value is -2.18. The van der Waals surface area contributed by atoms with Crippen molar-refractivity contribution in [1.29, 1.82) is 0 Å². The summed E-state index contributed by atoms with van der Waals surface area (Å²) in [6.07, 6.45) is 1.82. The molecule has 0 aromatic heterocycles. The van der Waals surface area contributed by atoms with Crippen LogP contribution in [-0.4, -0.2) is 76.9 Å². The SMILES string of the molecule is C=C1[C@H]2CC[C@@H](C(=O)NC3CCN(C(C)=O)CC3)N1C(=O)N2OS(=O)(=O)O. The Labute approximate surface area is 156 Å². The van der Waals surface area contributed by atoms with Crippen LogP contribution in [0.1, 0.15) is 32.6 Å². The van der Waals surface area contributed by atoms with Crippen molar-refractivity contribution in [3.63, 3.8) is 0 Å². The van der Waals surface area contributed by atoms with E-state index in [-0.39, 0.29) is 30.0 Å². The largest absolute Gasteiger partial charge is 0.418 e. The standard InChI is InChI=1S/C15H22N4O7S/c1-9-12-3-4-13(18(9)15(22)19(12)26-27(23,24)25)14(21)16-11-5-7-17(8-6-11)10(2)20/h11-13H,1,3-8H2,2H3,(H,16,21)(H,23,24,25)/t12-,13+/m1/s1. The van der Waals surface area contributed by atoms with Crippen molar-refractivity contribution in [3.8, 4) is 0 Å². The highest BCUT2D eigenvalue weighted by Crippen LogP contribution is 2.37. The van der Waals surface area contributed by atoms with Crippen molar-refractivity contribution in [2.75, 3.05) is 13.1 Å². The number of nitrogens with one attached hydrogen (secondary N) is 1. The van der Waals surface area contributed by atoms with Crippen molar-refractivity contribution >= 4 is 28.2 Å². The molecule has 0 spiro atoms. The van der Waals surface area contributed by atoms with Crippen molar-refractivity contribution in [2.45, 2.75) is 50.7 Å². The van der Waals surface area contributed by atoms with Crippen LogP contribution in [0, 0.1) is 0 Å². The van der Waals surface area contributed by atoms with Crippen LogP contribution in [0.4, 0.5) is 4.79 Å². The summed E-state index contributed by atoms with van der Waals surface area (Å²) in [7, 11) is -4.87. The molecule has 4 amide bonds. The molecule has 0 unspecified atom stereocenters. The molecular weight excluding hydrogens is 380 g/mol. The lowest BCUT2D eigenvalue weighted by atomic mass is 9.96. The van der Waals surface area contributed by atoms with Crippen LogP contribution >= 0.6 is 0 Å². The van der Waals surface area contributed by atoms with Crippen LogP contribution in [-0.2, 0) is 24.3 Å². The summed E-state index contributed by atoms with van der Waals surface area (Å²) in [6, 6.07) is -2.54. The second-order valence-electron chi connectivity index (χ2n) is 6.87. The molecule has 3 fully saturated rings. The van der Waals surface area contributed by atoms with Gasteiger partial charge in [0.2, 0.25) is 11.8 Å². The quantitative estimate of drug-likeness (QED) is 0.612. The maximum atomic E-state index is 12.7. The molecule has 3 heterocycles. The first-order chi connectivity index (χ1) is 12.6. The van der Waals surface area contributed by atoms with E-state index in [0.717, 1.165) is 4.90 Å². The van der Waals surface area contributed by atoms with Gasteiger partial charge in [0, 0.05) is 31.8 Å². The number of rotatable bonds is 4. The fourth-order valence-corrected chi connectivity index (χ4v) is 4.16. The van der Waals surface area contributed by atoms with Gasteiger partial charge in [0.05, 0.1) is 0 Å². The second kappa shape index (κ2) is 7.09. The number of carbonyl (C=O) groups is 3. The molecule has 2 atom stereocenters. The van der Waals surface area contributed by atoms with E-state index in [9.17, 15) is 22.8 Å². The Bertz CT molecular complexity index is 775. The molecule has 150 valence electrons. The summed E-state index contributed by atoms with van der Waals surface area (Å²) < 4.78 is 35.1. The zero-order valence-corrected chi connectivity index (χ0v) is 15.6. The average molecular weight is 402 g/mol. The van der Waals surface area contributed by atoms with Crippen LogP contribution in [0.5, 0.6) is 0 Å². The van der Waals surface area contributed by atoms with Gasteiger partial charge in [-0.25, -0.2) is 4.79 Å². The first-order valence-corrected chi connectivity index (χ1v) is 9.99. The molecule has 3 saturated heterocycles. The van der Waals surface area contributed by atoms with Crippen molar-refractivity contribution in [3.05, 3.63) is 12.3 Å². The second-order valence-corrected chi connectivity index (χ2v) is 7.87. The average Bonchev–Trinajstić information content (AvgIpc) is 2.71. The van der Waals surface area contributed by atoms with Gasteiger partial charge >= 0.3 is 16.4 Å². The molecule has 3 rings (SSSR count). The van der Waals surface area contributed by atoms with Gasteiger partial charge in [0.15, 0.2) is 0 Å². The number of hydrogen-bond acceptors (Lipinski definition) is 6. The molecule has 0 saturated carbocycles. The van der Waals surface area contributed by atoms with E-state index in [1.165, 1.54) is 6.92 Å². The fraction of sp³-hybridized carbons (Fsp3) is 0.667. The van der Waals surface area contributed by atoms with Crippen molar-refractivity contribution in [1.82, 2.24) is 20.2 Å². The molecule has 2 N–H and O–H groups in total. The lowest BCUT2D eigenvalue weighted by molar-refractivity contribution is -0.130. The Morgan fingerprint density at radius 3 is 2.41 bits per heavy atom. The molecule has 0 aromatic carbocycles. The third-order valence-corrected chi connectivity index (χ3v) is 5.51. The molecule has 0 radical (unpaired) electrons. The Morgan fingerprint density at radius 2 is 1.85 bits per heavy atom. The molecular formula is C15H22N4O7S. The molecule has 0 aliphatic carbocycles. The third-order valence-electron chi connectivity index (χ3n) is 5.16. The number of nitrogens with zero attached hydrogens (tertiary/aromatic N) is 3. The normalized spacial score (nSPS) is 26.5. The molecule has 2 bridgehead atoms. The van der Waals surface area contributed by atoms with E-state index in [2.05, 4.69) is 16.2 Å². The number of hydroxylamine groups is 2. The summed E-state index contributed by atoms with van der Waals surface area (Å²) >= 11 is 0. The highest BCUT2D eigenvalue weighted by atomic mass is 32.3. The Balaban J connectivity index is 1.65. The topological polar surface area (TPSA) is 137 Å². The number of urea groups is 1. The third kappa shape index (κ3) is 3.92. The van der Waals surface area contributed by atoms with Crippen LogP contribution in [0.25, 0.3) is 0 Å². The molecule has 0 aromatic rings. The Kier molecular flexibility index (Phi) is 5.14. The van der Waals surface area contributed by atoms with Gasteiger partial charge in [-0.2, -0.15) is 13.5 Å². The first kappa shape index (κ1) is 19.6. The summed E-state index contributed by atoms with van der Waals surface area (Å²) in [4.78, 5) is 39.4. The number of amides is 4. The van der Waals surface area contributed by atoms with Gasteiger partial charge in [0.25, 0.3) is 0 Å². The van der Waals surface area contributed by atoms with E-state index < -0.39 is 28.5 Å². The zero-order valence-electron chi connectivity index (χ0n) is 14.8. The van der Waals surface area contributed by atoms with Gasteiger partial charge in [0.1, 0.15) is 12.1 Å². The Morgan fingerprint density at radius 1 is 1.22 bits per heavy atom. The molecule has 3 aliphatic rings. The maximum absolute atomic E-state index is 12.7. The predicted molar refractivity (Wildman–Crippen MR) is 91.1 cm³/mol. The van der Waals surface area contributed by atoms with Crippen LogP contribution in [0.2, 0.25) is 0 Å². The fourth-order valence-electron chi connectivity index (χ4n) is 3.79. The van der Waals surface area contributed by atoms with Gasteiger partial charge in [-0.15, -0.1) is 4.28 Å². The molecule has 11 nitrogen and oxygen atoms in total. The molecule has 27 heavy (non-hydrogen) atoms. The number of piperidine rings is 2. The highest BCUT2D eigenvalue weighted by Gasteiger charge is 2.52. The minimum Gasteiger partial charge on any atom is -0.351 e. The summed E-state index contributed by atoms with van der Waals surface area (Å²) in [6.45, 7) is 6.37. The van der Waals surface area contributed by atoms with Crippen LogP contribution in [0.3, 0.4) is 0 Å². The number of carbonyl (C=O) groups excluding carboxylic acids is 3. The van der Waals surface area contributed by atoms with E-state index in [1.807, 2.05) is 0 Å².